The van der Waals surface area contributed by atoms with Gasteiger partial charge < -0.3 is 19.6 Å². The van der Waals surface area contributed by atoms with Crippen LogP contribution >= 0.6 is 23.2 Å². The van der Waals surface area contributed by atoms with Crippen LogP contribution in [-0.4, -0.2) is 39.1 Å². The quantitative estimate of drug-likeness (QED) is 0.177. The number of hydrogen-bond acceptors (Lipinski definition) is 7. The number of oxazole rings is 1. The number of aliphatic carboxylic acids is 1. The number of ether oxygens (including phenoxy) is 1. The number of benzene rings is 3. The number of fused-ring (bicyclic) bond motifs is 1. The van der Waals surface area contributed by atoms with Crippen molar-refractivity contribution in [2.24, 2.45) is 0 Å². The van der Waals surface area contributed by atoms with E-state index in [1.807, 2.05) is 0 Å². The minimum atomic E-state index is -5.27. The summed E-state index contributed by atoms with van der Waals surface area (Å²) < 4.78 is 49.3. The van der Waals surface area contributed by atoms with Gasteiger partial charge in [0.05, 0.1) is 15.0 Å². The molecule has 1 amide bonds. The Kier molecular flexibility index (Phi) is 8.16. The van der Waals surface area contributed by atoms with E-state index in [4.69, 9.17) is 32.4 Å². The average molecular weight is 598 g/mol. The summed E-state index contributed by atoms with van der Waals surface area (Å²) >= 11 is 12.5. The molecule has 0 unspecified atom stereocenters. The number of rotatable bonds is 9. The molecule has 1 heterocycles. The van der Waals surface area contributed by atoms with Gasteiger partial charge in [-0.05, 0) is 29.8 Å². The van der Waals surface area contributed by atoms with E-state index >= 15 is 0 Å². The van der Waals surface area contributed by atoms with E-state index in [1.54, 1.807) is 30.3 Å². The molecule has 4 aromatic rings. The standard InChI is InChI=1S/C25H16Cl2F3N3O7/c26-16-6-12(8-19(23(34)35)32-24(36)25(28,29)30)7-17(27)21(16)39-11-14-9-15(33(37)38)10-18-20(14)40-22(31-18)13-4-2-1-3-5-13/h1-7,9-10,19H,8,11H2,(H,32,36)(H,34,35)/t19-/m0/s1. The summed E-state index contributed by atoms with van der Waals surface area (Å²) in [6.45, 7) is -0.306. The smallest absolute Gasteiger partial charge is 0.471 e. The van der Waals surface area contributed by atoms with E-state index in [2.05, 4.69) is 4.98 Å². The SMILES string of the molecule is O=C(O)[C@H](Cc1cc(Cl)c(OCc2cc([N+](=O)[O-])cc3nc(-c4ccccc4)oc23)c(Cl)c1)NC(=O)C(F)(F)F. The van der Waals surface area contributed by atoms with Crippen molar-refractivity contribution in [3.63, 3.8) is 0 Å². The number of hydrogen-bond donors (Lipinski definition) is 2. The molecule has 1 atom stereocenters. The van der Waals surface area contributed by atoms with Crippen molar-refractivity contribution in [1.82, 2.24) is 10.3 Å². The highest BCUT2D eigenvalue weighted by atomic mass is 35.5. The summed E-state index contributed by atoms with van der Waals surface area (Å²) in [6, 6.07) is 11.8. The molecule has 0 aliphatic rings. The Bertz CT molecular complexity index is 1590. The Hall–Kier alpha value is -4.36. The highest BCUT2D eigenvalue weighted by Crippen LogP contribution is 2.37. The summed E-state index contributed by atoms with van der Waals surface area (Å²) in [6.07, 6.45) is -5.84. The van der Waals surface area contributed by atoms with Gasteiger partial charge >= 0.3 is 18.1 Å². The second-order valence-electron chi connectivity index (χ2n) is 8.34. The summed E-state index contributed by atoms with van der Waals surface area (Å²) in [5.41, 5.74) is 1.14. The highest BCUT2D eigenvalue weighted by molar-refractivity contribution is 6.37. The first-order chi connectivity index (χ1) is 18.8. The lowest BCUT2D eigenvalue weighted by Gasteiger charge is -2.17. The van der Waals surface area contributed by atoms with Gasteiger partial charge in [0.25, 0.3) is 5.69 Å². The summed E-state index contributed by atoms with van der Waals surface area (Å²) in [4.78, 5) is 37.8. The molecule has 3 aromatic carbocycles. The fourth-order valence-corrected chi connectivity index (χ4v) is 4.34. The lowest BCUT2D eigenvalue weighted by Crippen LogP contribution is -2.47. The maximum Gasteiger partial charge on any atom is 0.471 e. The number of carboxylic acids is 1. The van der Waals surface area contributed by atoms with E-state index < -0.39 is 35.4 Å². The third-order valence-electron chi connectivity index (χ3n) is 5.51. The lowest BCUT2D eigenvalue weighted by atomic mass is 10.1. The number of carboxylic acid groups (broad SMARTS) is 1. The van der Waals surface area contributed by atoms with Crippen LogP contribution in [0.5, 0.6) is 5.75 Å². The van der Waals surface area contributed by atoms with E-state index in [0.717, 1.165) is 0 Å². The first kappa shape index (κ1) is 28.6. The first-order valence-electron chi connectivity index (χ1n) is 11.2. The van der Waals surface area contributed by atoms with Crippen molar-refractivity contribution in [3.8, 4) is 17.2 Å². The molecule has 40 heavy (non-hydrogen) atoms. The Labute approximate surface area is 232 Å². The van der Waals surface area contributed by atoms with Gasteiger partial charge in [0.2, 0.25) is 5.89 Å². The summed E-state index contributed by atoms with van der Waals surface area (Å²) in [7, 11) is 0. The fourth-order valence-electron chi connectivity index (χ4n) is 3.70. The second-order valence-corrected chi connectivity index (χ2v) is 9.15. The number of nitrogens with one attached hydrogen (secondary N) is 1. The first-order valence-corrected chi connectivity index (χ1v) is 11.9. The number of aromatic nitrogens is 1. The molecule has 0 fully saturated rings. The van der Waals surface area contributed by atoms with Gasteiger partial charge in [-0.25, -0.2) is 9.78 Å². The minimum absolute atomic E-state index is 0.0826. The van der Waals surface area contributed by atoms with Crippen LogP contribution in [0.3, 0.4) is 0 Å². The molecule has 0 aliphatic heterocycles. The molecule has 0 bridgehead atoms. The molecule has 1 aromatic heterocycles. The van der Waals surface area contributed by atoms with Gasteiger partial charge in [-0.1, -0.05) is 41.4 Å². The average Bonchev–Trinajstić information content (AvgIpc) is 3.32. The van der Waals surface area contributed by atoms with Crippen LogP contribution in [0.1, 0.15) is 11.1 Å². The van der Waals surface area contributed by atoms with E-state index in [9.17, 15) is 38.0 Å². The molecule has 15 heteroatoms. The third kappa shape index (κ3) is 6.43. The van der Waals surface area contributed by atoms with Crippen LogP contribution in [0.15, 0.2) is 59.0 Å². The Morgan fingerprint density at radius 1 is 1.12 bits per heavy atom. The molecule has 208 valence electrons. The molecular formula is C25H16Cl2F3N3O7. The third-order valence-corrected chi connectivity index (χ3v) is 6.08. The number of halogens is 5. The molecule has 0 spiro atoms. The second kappa shape index (κ2) is 11.4. The monoisotopic (exact) mass is 597 g/mol. The van der Waals surface area contributed by atoms with Crippen molar-refractivity contribution >= 4 is 51.9 Å². The van der Waals surface area contributed by atoms with Gasteiger partial charge in [-0.2, -0.15) is 13.2 Å². The number of amides is 1. The lowest BCUT2D eigenvalue weighted by molar-refractivity contribution is -0.384. The number of alkyl halides is 3. The Morgan fingerprint density at radius 2 is 1.77 bits per heavy atom. The zero-order valence-corrected chi connectivity index (χ0v) is 21.4. The molecule has 2 N–H and O–H groups in total. The molecular weight excluding hydrogens is 582 g/mol. The Balaban J connectivity index is 1.59. The normalized spacial score (nSPS) is 12.2. The van der Waals surface area contributed by atoms with E-state index in [1.165, 1.54) is 29.6 Å². The van der Waals surface area contributed by atoms with Crippen LogP contribution < -0.4 is 10.1 Å². The van der Waals surface area contributed by atoms with Gasteiger partial charge in [0.15, 0.2) is 11.3 Å². The van der Waals surface area contributed by atoms with Crippen molar-refractivity contribution in [2.75, 3.05) is 0 Å². The van der Waals surface area contributed by atoms with Crippen molar-refractivity contribution in [1.29, 1.82) is 0 Å². The minimum Gasteiger partial charge on any atom is -0.486 e. The molecule has 0 radical (unpaired) electrons. The zero-order valence-electron chi connectivity index (χ0n) is 19.9. The highest BCUT2D eigenvalue weighted by Gasteiger charge is 2.41. The molecule has 0 saturated carbocycles. The van der Waals surface area contributed by atoms with Crippen LogP contribution in [-0.2, 0) is 22.6 Å². The molecule has 0 saturated heterocycles. The summed E-state index contributed by atoms with van der Waals surface area (Å²) in [5, 5.41) is 21.9. The number of nitro benzene ring substituents is 1. The van der Waals surface area contributed by atoms with Crippen LogP contribution in [0.25, 0.3) is 22.6 Å². The number of carbonyl (C=O) groups is 2. The molecule has 10 nitrogen and oxygen atoms in total. The van der Waals surface area contributed by atoms with Crippen LogP contribution in [0.2, 0.25) is 10.0 Å². The predicted molar refractivity (Wildman–Crippen MR) is 136 cm³/mol. The number of carbonyl (C=O) groups excluding carboxylic acids is 1. The van der Waals surface area contributed by atoms with Gasteiger partial charge in [-0.15, -0.1) is 0 Å². The van der Waals surface area contributed by atoms with Crippen molar-refractivity contribution < 1.29 is 41.9 Å². The Morgan fingerprint density at radius 3 is 2.35 bits per heavy atom. The van der Waals surface area contributed by atoms with Gasteiger partial charge in [0, 0.05) is 29.7 Å². The van der Waals surface area contributed by atoms with Crippen molar-refractivity contribution in [2.45, 2.75) is 25.2 Å². The maximum absolute atomic E-state index is 12.6. The van der Waals surface area contributed by atoms with Crippen LogP contribution in [0.4, 0.5) is 18.9 Å². The largest absolute Gasteiger partial charge is 0.486 e. The van der Waals surface area contributed by atoms with Gasteiger partial charge in [0.1, 0.15) is 18.2 Å². The predicted octanol–water partition coefficient (Wildman–Crippen LogP) is 5.96. The topological polar surface area (TPSA) is 145 Å². The van der Waals surface area contributed by atoms with E-state index in [0.29, 0.717) is 5.56 Å². The summed E-state index contributed by atoms with van der Waals surface area (Å²) in [5.74, 6) is -3.98. The molecule has 0 aliphatic carbocycles. The maximum atomic E-state index is 12.6. The number of non-ortho nitro benzene ring substituents is 1. The fraction of sp³-hybridized carbons (Fsp3) is 0.160. The van der Waals surface area contributed by atoms with E-state index in [-0.39, 0.29) is 56.2 Å². The number of nitrogens with zero attached hydrogens (tertiary/aromatic N) is 2. The molecule has 4 rings (SSSR count). The van der Waals surface area contributed by atoms with Crippen molar-refractivity contribution in [3.05, 3.63) is 85.9 Å². The zero-order chi connectivity index (χ0) is 29.2. The number of nitro groups is 1. The van der Waals surface area contributed by atoms with Crippen LogP contribution in [0, 0.1) is 10.1 Å². The van der Waals surface area contributed by atoms with Gasteiger partial charge in [-0.3, -0.25) is 14.9 Å².